The van der Waals surface area contributed by atoms with E-state index in [2.05, 4.69) is 53.4 Å². The molecule has 132 valence electrons. The molecule has 1 rings (SSSR count). The van der Waals surface area contributed by atoms with E-state index in [4.69, 9.17) is 0 Å². The van der Waals surface area contributed by atoms with Gasteiger partial charge >= 0.3 is 0 Å². The molecular weight excluding hydrogens is 300 g/mol. The van der Waals surface area contributed by atoms with Crippen LogP contribution in [0.4, 0.5) is 0 Å². The second-order valence-corrected chi connectivity index (χ2v) is 6.33. The summed E-state index contributed by atoms with van der Waals surface area (Å²) in [7, 11) is 3.46. The van der Waals surface area contributed by atoms with Crippen LogP contribution in [0.3, 0.4) is 0 Å². The molecule has 0 aliphatic rings. The first kappa shape index (κ1) is 19.7. The Morgan fingerprint density at radius 1 is 1.29 bits per heavy atom. The lowest BCUT2D eigenvalue weighted by molar-refractivity contribution is -0.127. The number of aryl methyl sites for hydroxylation is 1. The normalized spacial score (nSPS) is 12.4. The highest BCUT2D eigenvalue weighted by Gasteiger charge is 2.08. The molecule has 5 heteroatoms. The van der Waals surface area contributed by atoms with Gasteiger partial charge in [0.25, 0.3) is 0 Å². The maximum absolute atomic E-state index is 11.7. The lowest BCUT2D eigenvalue weighted by atomic mass is 10.1. The highest BCUT2D eigenvalue weighted by atomic mass is 16.2. The van der Waals surface area contributed by atoms with Gasteiger partial charge in [-0.2, -0.15) is 0 Å². The van der Waals surface area contributed by atoms with Gasteiger partial charge < -0.3 is 15.5 Å². The lowest BCUT2D eigenvalue weighted by Crippen LogP contribution is -2.43. The fraction of sp³-hybridized carbons (Fsp3) is 0.474. The van der Waals surface area contributed by atoms with Crippen LogP contribution in [-0.2, 0) is 11.2 Å². The summed E-state index contributed by atoms with van der Waals surface area (Å²) in [5.41, 5.74) is 2.34. The van der Waals surface area contributed by atoms with E-state index in [1.807, 2.05) is 13.0 Å². The molecule has 1 atom stereocenters. The van der Waals surface area contributed by atoms with Crippen LogP contribution in [0.1, 0.15) is 25.8 Å². The Bertz CT molecular complexity index is 552. The molecule has 0 saturated carbocycles. The molecule has 0 aliphatic heterocycles. The van der Waals surface area contributed by atoms with Gasteiger partial charge in [0.05, 0.1) is 0 Å². The topological polar surface area (TPSA) is 56.7 Å². The van der Waals surface area contributed by atoms with Crippen molar-refractivity contribution in [3.63, 3.8) is 0 Å². The SMILES string of the molecule is C=C(C)CNC(=NCC(=O)N(C)C)NC(C)CCc1ccccc1. The van der Waals surface area contributed by atoms with Crippen LogP contribution in [0, 0.1) is 0 Å². The van der Waals surface area contributed by atoms with Gasteiger partial charge in [-0.05, 0) is 32.3 Å². The zero-order valence-corrected chi connectivity index (χ0v) is 15.3. The van der Waals surface area contributed by atoms with Crippen LogP contribution in [0.2, 0.25) is 0 Å². The number of carbonyl (C=O) groups excluding carboxylic acids is 1. The summed E-state index contributed by atoms with van der Waals surface area (Å²) in [4.78, 5) is 17.6. The molecule has 1 unspecified atom stereocenters. The van der Waals surface area contributed by atoms with Gasteiger partial charge in [-0.3, -0.25) is 4.79 Å². The van der Waals surface area contributed by atoms with Crippen molar-refractivity contribution in [1.82, 2.24) is 15.5 Å². The van der Waals surface area contributed by atoms with E-state index in [1.165, 1.54) is 5.56 Å². The number of aliphatic imine (C=N–C) groups is 1. The van der Waals surface area contributed by atoms with Crippen LogP contribution in [-0.4, -0.2) is 50.0 Å². The van der Waals surface area contributed by atoms with Crippen LogP contribution in [0.5, 0.6) is 0 Å². The maximum atomic E-state index is 11.7. The predicted molar refractivity (Wildman–Crippen MR) is 101 cm³/mol. The minimum atomic E-state index is -0.0247. The molecule has 0 radical (unpaired) electrons. The Morgan fingerprint density at radius 2 is 1.96 bits per heavy atom. The summed E-state index contributed by atoms with van der Waals surface area (Å²) < 4.78 is 0. The maximum Gasteiger partial charge on any atom is 0.243 e. The van der Waals surface area contributed by atoms with Gasteiger partial charge in [-0.15, -0.1) is 0 Å². The molecule has 0 spiro atoms. The number of carbonyl (C=O) groups is 1. The second-order valence-electron chi connectivity index (χ2n) is 6.33. The third kappa shape index (κ3) is 8.36. The molecule has 0 fully saturated rings. The molecular formula is C19H30N4O. The summed E-state index contributed by atoms with van der Waals surface area (Å²) in [6, 6.07) is 10.7. The number of hydrogen-bond donors (Lipinski definition) is 2. The van der Waals surface area contributed by atoms with E-state index in [0.717, 1.165) is 18.4 Å². The van der Waals surface area contributed by atoms with Crippen LogP contribution in [0.25, 0.3) is 0 Å². The first-order chi connectivity index (χ1) is 11.4. The monoisotopic (exact) mass is 330 g/mol. The quantitative estimate of drug-likeness (QED) is 0.436. The predicted octanol–water partition coefficient (Wildman–Crippen LogP) is 2.21. The largest absolute Gasteiger partial charge is 0.354 e. The molecule has 0 bridgehead atoms. The molecule has 0 saturated heterocycles. The number of benzene rings is 1. The molecule has 0 aliphatic carbocycles. The van der Waals surface area contributed by atoms with Gasteiger partial charge in [0, 0.05) is 26.7 Å². The highest BCUT2D eigenvalue weighted by Crippen LogP contribution is 2.04. The van der Waals surface area contributed by atoms with Crippen molar-refractivity contribution < 1.29 is 4.79 Å². The van der Waals surface area contributed by atoms with E-state index in [0.29, 0.717) is 12.5 Å². The second kappa shape index (κ2) is 10.5. The zero-order valence-electron chi connectivity index (χ0n) is 15.3. The summed E-state index contributed by atoms with van der Waals surface area (Å²) in [5, 5.41) is 6.58. The first-order valence-electron chi connectivity index (χ1n) is 8.31. The number of likely N-dealkylation sites (N-methyl/N-ethyl adjacent to an activating group) is 1. The minimum absolute atomic E-state index is 0.0247. The summed E-state index contributed by atoms with van der Waals surface area (Å²) in [6.45, 7) is 8.72. The lowest BCUT2D eigenvalue weighted by Gasteiger charge is -2.19. The van der Waals surface area contributed by atoms with Gasteiger partial charge in [-0.1, -0.05) is 42.5 Å². The van der Waals surface area contributed by atoms with Crippen LogP contribution >= 0.6 is 0 Å². The van der Waals surface area contributed by atoms with Crippen molar-refractivity contribution in [1.29, 1.82) is 0 Å². The van der Waals surface area contributed by atoms with Gasteiger partial charge in [0.1, 0.15) is 6.54 Å². The fourth-order valence-corrected chi connectivity index (χ4v) is 2.01. The molecule has 5 nitrogen and oxygen atoms in total. The van der Waals surface area contributed by atoms with E-state index in [-0.39, 0.29) is 18.5 Å². The molecule has 0 aromatic heterocycles. The number of guanidine groups is 1. The van der Waals surface area contributed by atoms with Crippen LogP contribution < -0.4 is 10.6 Å². The Hall–Kier alpha value is -2.30. The fourth-order valence-electron chi connectivity index (χ4n) is 2.01. The average Bonchev–Trinajstić information content (AvgIpc) is 2.55. The van der Waals surface area contributed by atoms with Gasteiger partial charge in [-0.25, -0.2) is 4.99 Å². The Kier molecular flexibility index (Phi) is 8.61. The summed E-state index contributed by atoms with van der Waals surface area (Å²) in [5.74, 6) is 0.622. The number of hydrogen-bond acceptors (Lipinski definition) is 2. The third-order valence-electron chi connectivity index (χ3n) is 3.52. The third-order valence-corrected chi connectivity index (χ3v) is 3.52. The van der Waals surface area contributed by atoms with E-state index >= 15 is 0 Å². The van der Waals surface area contributed by atoms with Crippen LogP contribution in [0.15, 0.2) is 47.5 Å². The Labute approximate surface area is 145 Å². The van der Waals surface area contributed by atoms with Crippen molar-refractivity contribution in [2.75, 3.05) is 27.2 Å². The van der Waals surface area contributed by atoms with Crippen molar-refractivity contribution in [2.45, 2.75) is 32.7 Å². The zero-order chi connectivity index (χ0) is 17.9. The van der Waals surface area contributed by atoms with E-state index in [1.54, 1.807) is 19.0 Å². The van der Waals surface area contributed by atoms with E-state index < -0.39 is 0 Å². The molecule has 2 N–H and O–H groups in total. The standard InChI is InChI=1S/C19H30N4O/c1-15(2)13-20-19(21-14-18(24)23(4)5)22-16(3)11-12-17-9-7-6-8-10-17/h6-10,16H,1,11-14H2,2-5H3,(H2,20,21,22). The van der Waals surface area contributed by atoms with Crippen molar-refractivity contribution in [2.24, 2.45) is 4.99 Å². The van der Waals surface area contributed by atoms with Gasteiger partial charge in [0.2, 0.25) is 5.91 Å². The van der Waals surface area contributed by atoms with Crippen molar-refractivity contribution >= 4 is 11.9 Å². The Balaban J connectivity index is 2.56. The summed E-state index contributed by atoms with van der Waals surface area (Å²) >= 11 is 0. The number of rotatable bonds is 8. The molecule has 0 heterocycles. The number of nitrogens with one attached hydrogen (secondary N) is 2. The number of nitrogens with zero attached hydrogens (tertiary/aromatic N) is 2. The highest BCUT2D eigenvalue weighted by molar-refractivity contribution is 5.85. The average molecular weight is 330 g/mol. The number of amides is 1. The van der Waals surface area contributed by atoms with Gasteiger partial charge in [0.15, 0.2) is 5.96 Å². The molecule has 24 heavy (non-hydrogen) atoms. The van der Waals surface area contributed by atoms with E-state index in [9.17, 15) is 4.79 Å². The van der Waals surface area contributed by atoms with Crippen molar-refractivity contribution in [3.8, 4) is 0 Å². The summed E-state index contributed by atoms with van der Waals surface area (Å²) in [6.07, 6.45) is 1.98. The smallest absolute Gasteiger partial charge is 0.243 e. The van der Waals surface area contributed by atoms with Crippen molar-refractivity contribution in [3.05, 3.63) is 48.0 Å². The minimum Gasteiger partial charge on any atom is -0.354 e. The molecule has 1 aromatic carbocycles. The Morgan fingerprint density at radius 3 is 2.54 bits per heavy atom. The molecule has 1 aromatic rings. The molecule has 1 amide bonds. The first-order valence-corrected chi connectivity index (χ1v) is 8.31.